The second kappa shape index (κ2) is 53.7. The summed E-state index contributed by atoms with van der Waals surface area (Å²) in [5, 5.41) is 0. The van der Waals surface area contributed by atoms with Gasteiger partial charge in [0, 0.05) is 19.3 Å². The Kier molecular flexibility index (Phi) is 50.5. The topological polar surface area (TPSA) is 78.9 Å². The fourth-order valence-corrected chi connectivity index (χ4v) is 7.08. The first kappa shape index (κ1) is 62.1. The highest BCUT2D eigenvalue weighted by Gasteiger charge is 2.19. The number of carbonyl (C=O) groups is 3. The van der Waals surface area contributed by atoms with Crippen LogP contribution in [0.25, 0.3) is 0 Å². The van der Waals surface area contributed by atoms with E-state index in [-0.39, 0.29) is 37.5 Å². The maximum Gasteiger partial charge on any atom is 0.306 e. The predicted molar refractivity (Wildman–Crippen MR) is 283 cm³/mol. The molecule has 1 unspecified atom stereocenters. The monoisotopic (exact) mass is 915 g/mol. The van der Waals surface area contributed by atoms with Gasteiger partial charge < -0.3 is 14.2 Å². The van der Waals surface area contributed by atoms with Crippen LogP contribution < -0.4 is 0 Å². The van der Waals surface area contributed by atoms with Crippen molar-refractivity contribution in [2.24, 2.45) is 0 Å². The predicted octanol–water partition coefficient (Wildman–Crippen LogP) is 17.9. The molecule has 0 amide bonds. The van der Waals surface area contributed by atoms with Gasteiger partial charge in [-0.25, -0.2) is 0 Å². The maximum atomic E-state index is 12.8. The zero-order valence-electron chi connectivity index (χ0n) is 42.7. The third-order valence-corrected chi connectivity index (χ3v) is 11.1. The Morgan fingerprint density at radius 1 is 0.333 bits per heavy atom. The lowest BCUT2D eigenvalue weighted by atomic mass is 10.0. The molecule has 0 heterocycles. The molecular formula is C60H98O6. The standard InChI is InChI=1S/C60H98O6/c1-4-7-10-13-16-19-22-25-27-29-31-32-35-38-41-44-47-50-53-59(62)65-56-57(55-64-58(61)52-49-46-43-40-37-34-24-21-18-15-12-9-6-3)66-60(63)54-51-48-45-42-39-36-33-30-28-26-23-20-17-14-11-8-5-2/h8,11,16-17,19-20,22,25-29,31-33,36,42,45,57H,4-7,9-10,12-15,18,21,23-24,30,34-35,37-41,43-44,46-56H2,1-3H3/b11-8-,19-16-,20-17-,25-22-,28-26-,29-27-,32-31-,36-33-,45-42-. The van der Waals surface area contributed by atoms with Crippen molar-refractivity contribution in [3.8, 4) is 0 Å². The average molecular weight is 915 g/mol. The highest BCUT2D eigenvalue weighted by atomic mass is 16.6. The lowest BCUT2D eigenvalue weighted by molar-refractivity contribution is -0.167. The Bertz CT molecular complexity index is 1370. The molecule has 0 N–H and O–H groups in total. The van der Waals surface area contributed by atoms with Crippen molar-refractivity contribution in [3.63, 3.8) is 0 Å². The van der Waals surface area contributed by atoms with Crippen LogP contribution in [0.5, 0.6) is 0 Å². The van der Waals surface area contributed by atoms with E-state index in [4.69, 9.17) is 14.2 Å². The largest absolute Gasteiger partial charge is 0.462 e. The number of allylic oxidation sites excluding steroid dienone is 18. The first-order chi connectivity index (χ1) is 32.5. The van der Waals surface area contributed by atoms with Crippen molar-refractivity contribution in [1.29, 1.82) is 0 Å². The zero-order valence-corrected chi connectivity index (χ0v) is 42.7. The van der Waals surface area contributed by atoms with E-state index in [2.05, 4.69) is 130 Å². The third kappa shape index (κ3) is 51.1. The number of unbranched alkanes of at least 4 members (excludes halogenated alkanes) is 21. The fourth-order valence-electron chi connectivity index (χ4n) is 7.08. The van der Waals surface area contributed by atoms with Crippen LogP contribution in [0.1, 0.15) is 233 Å². The summed E-state index contributed by atoms with van der Waals surface area (Å²) in [6.07, 6.45) is 72.1. The minimum atomic E-state index is -0.818. The van der Waals surface area contributed by atoms with Crippen LogP contribution in [0, 0.1) is 0 Å². The molecule has 0 rings (SSSR count). The molecule has 374 valence electrons. The number of esters is 3. The van der Waals surface area contributed by atoms with Gasteiger partial charge in [-0.1, -0.05) is 239 Å². The summed E-state index contributed by atoms with van der Waals surface area (Å²) in [6, 6.07) is 0. The van der Waals surface area contributed by atoms with Crippen molar-refractivity contribution in [2.75, 3.05) is 13.2 Å². The van der Waals surface area contributed by atoms with Crippen LogP contribution >= 0.6 is 0 Å². The quantitative estimate of drug-likeness (QED) is 0.0199. The van der Waals surface area contributed by atoms with E-state index in [1.165, 1.54) is 83.5 Å². The minimum absolute atomic E-state index is 0.109. The third-order valence-electron chi connectivity index (χ3n) is 11.1. The van der Waals surface area contributed by atoms with Crippen LogP contribution in [-0.2, 0) is 28.6 Å². The summed E-state index contributed by atoms with van der Waals surface area (Å²) in [4.78, 5) is 38.0. The number of hydrogen-bond donors (Lipinski definition) is 0. The van der Waals surface area contributed by atoms with E-state index in [9.17, 15) is 14.4 Å². The van der Waals surface area contributed by atoms with Gasteiger partial charge in [-0.05, 0) is 83.5 Å². The molecule has 0 aromatic rings. The number of rotatable bonds is 47. The average Bonchev–Trinajstić information content (AvgIpc) is 3.31. The van der Waals surface area contributed by atoms with Gasteiger partial charge >= 0.3 is 17.9 Å². The lowest BCUT2D eigenvalue weighted by Crippen LogP contribution is -2.30. The van der Waals surface area contributed by atoms with Gasteiger partial charge in [0.25, 0.3) is 0 Å². The van der Waals surface area contributed by atoms with Crippen LogP contribution in [0.2, 0.25) is 0 Å². The van der Waals surface area contributed by atoms with E-state index in [1.807, 2.05) is 0 Å². The minimum Gasteiger partial charge on any atom is -0.462 e. The summed E-state index contributed by atoms with van der Waals surface area (Å²) in [5.41, 5.74) is 0. The van der Waals surface area contributed by atoms with Crippen molar-refractivity contribution < 1.29 is 28.6 Å². The summed E-state index contributed by atoms with van der Waals surface area (Å²) < 4.78 is 16.8. The summed E-state index contributed by atoms with van der Waals surface area (Å²) in [6.45, 7) is 6.41. The summed E-state index contributed by atoms with van der Waals surface area (Å²) >= 11 is 0. The fraction of sp³-hybridized carbons (Fsp3) is 0.650. The van der Waals surface area contributed by atoms with Gasteiger partial charge in [-0.15, -0.1) is 0 Å². The van der Waals surface area contributed by atoms with Crippen molar-refractivity contribution in [2.45, 2.75) is 239 Å². The van der Waals surface area contributed by atoms with Crippen LogP contribution in [0.4, 0.5) is 0 Å². The van der Waals surface area contributed by atoms with Crippen molar-refractivity contribution in [1.82, 2.24) is 0 Å². The molecule has 0 aromatic carbocycles. The number of ether oxygens (including phenoxy) is 3. The smallest absolute Gasteiger partial charge is 0.306 e. The molecule has 0 saturated heterocycles. The van der Waals surface area contributed by atoms with E-state index in [1.54, 1.807) is 0 Å². The molecule has 0 saturated carbocycles. The van der Waals surface area contributed by atoms with Crippen molar-refractivity contribution in [3.05, 3.63) is 109 Å². The molecule has 0 fully saturated rings. The summed E-state index contributed by atoms with van der Waals surface area (Å²) in [5.74, 6) is -0.993. The Hall–Kier alpha value is -3.93. The molecule has 0 aliphatic carbocycles. The Balaban J connectivity index is 4.54. The molecule has 0 radical (unpaired) electrons. The molecule has 6 nitrogen and oxygen atoms in total. The van der Waals surface area contributed by atoms with Gasteiger partial charge in [0.2, 0.25) is 0 Å². The van der Waals surface area contributed by atoms with E-state index in [0.29, 0.717) is 19.3 Å². The number of carbonyl (C=O) groups excluding carboxylic acids is 3. The van der Waals surface area contributed by atoms with Gasteiger partial charge in [0.15, 0.2) is 6.10 Å². The Morgan fingerprint density at radius 2 is 0.667 bits per heavy atom. The van der Waals surface area contributed by atoms with Gasteiger partial charge in [-0.2, -0.15) is 0 Å². The normalized spacial score (nSPS) is 13.0. The molecule has 66 heavy (non-hydrogen) atoms. The van der Waals surface area contributed by atoms with E-state index in [0.717, 1.165) is 103 Å². The first-order valence-corrected chi connectivity index (χ1v) is 26.9. The van der Waals surface area contributed by atoms with Crippen LogP contribution in [0.3, 0.4) is 0 Å². The highest BCUT2D eigenvalue weighted by Crippen LogP contribution is 2.14. The maximum absolute atomic E-state index is 12.8. The van der Waals surface area contributed by atoms with E-state index >= 15 is 0 Å². The highest BCUT2D eigenvalue weighted by molar-refractivity contribution is 5.71. The molecule has 0 aliphatic rings. The Morgan fingerprint density at radius 3 is 1.12 bits per heavy atom. The van der Waals surface area contributed by atoms with E-state index < -0.39 is 6.10 Å². The summed E-state index contributed by atoms with van der Waals surface area (Å²) in [7, 11) is 0. The molecule has 0 spiro atoms. The first-order valence-electron chi connectivity index (χ1n) is 26.9. The lowest BCUT2D eigenvalue weighted by Gasteiger charge is -2.18. The molecule has 0 aromatic heterocycles. The molecule has 6 heteroatoms. The Labute approximate surface area is 406 Å². The molecule has 0 aliphatic heterocycles. The number of hydrogen-bond acceptors (Lipinski definition) is 6. The van der Waals surface area contributed by atoms with Crippen LogP contribution in [0.15, 0.2) is 109 Å². The molecular weight excluding hydrogens is 817 g/mol. The van der Waals surface area contributed by atoms with Crippen molar-refractivity contribution >= 4 is 17.9 Å². The van der Waals surface area contributed by atoms with Gasteiger partial charge in [0.1, 0.15) is 13.2 Å². The molecule has 0 bridgehead atoms. The zero-order chi connectivity index (χ0) is 47.9. The second-order valence-electron chi connectivity index (χ2n) is 17.5. The molecule has 1 atom stereocenters. The van der Waals surface area contributed by atoms with Crippen LogP contribution in [-0.4, -0.2) is 37.2 Å². The SMILES string of the molecule is CC/C=C\C/C=C\C/C=C\C/C=C\C/C=C\CCCC(=O)OC(COC(=O)CCCCCCC\C=C/C=C\C=C/C=C\CCCCC)COC(=O)CCCCCCCCCCCCCCC. The van der Waals surface area contributed by atoms with Gasteiger partial charge in [0.05, 0.1) is 0 Å². The second-order valence-corrected chi connectivity index (χ2v) is 17.5. The van der Waals surface area contributed by atoms with Gasteiger partial charge in [-0.3, -0.25) is 14.4 Å².